The van der Waals surface area contributed by atoms with Crippen LogP contribution < -0.4 is 0 Å². The summed E-state index contributed by atoms with van der Waals surface area (Å²) in [6, 6.07) is 0. The van der Waals surface area contributed by atoms with Gasteiger partial charge in [0, 0.05) is 11.3 Å². The fourth-order valence-electron chi connectivity index (χ4n) is 9.02. The fourth-order valence-corrected chi connectivity index (χ4v) is 9.29. The first-order valence-electron chi connectivity index (χ1n) is 13.5. The van der Waals surface area contributed by atoms with Crippen LogP contribution >= 0.6 is 11.6 Å². The van der Waals surface area contributed by atoms with E-state index in [4.69, 9.17) is 11.6 Å². The van der Waals surface area contributed by atoms with Crippen molar-refractivity contribution in [3.8, 4) is 0 Å². The molecule has 0 bridgehead atoms. The maximum Gasteiger partial charge on any atom is 0.159 e. The van der Waals surface area contributed by atoms with Gasteiger partial charge < -0.3 is 0 Å². The van der Waals surface area contributed by atoms with Crippen molar-refractivity contribution in [1.82, 2.24) is 0 Å². The maximum absolute atomic E-state index is 13.5. The zero-order valence-electron chi connectivity index (χ0n) is 21.1. The van der Waals surface area contributed by atoms with Crippen LogP contribution in [-0.2, 0) is 4.79 Å². The highest BCUT2D eigenvalue weighted by Crippen LogP contribution is 2.66. The quantitative estimate of drug-likeness (QED) is 0.374. The van der Waals surface area contributed by atoms with Crippen molar-refractivity contribution in [2.75, 3.05) is 0 Å². The number of rotatable bonds is 6. The zero-order valence-corrected chi connectivity index (χ0v) is 21.8. The lowest BCUT2D eigenvalue weighted by Gasteiger charge is -2.57. The number of carbonyl (C=O) groups excluding carboxylic acids is 1. The molecule has 3 fully saturated rings. The maximum atomic E-state index is 13.5. The summed E-state index contributed by atoms with van der Waals surface area (Å²) in [6.45, 7) is 14.7. The van der Waals surface area contributed by atoms with Crippen molar-refractivity contribution in [3.63, 3.8) is 0 Å². The first kappa shape index (κ1) is 23.8. The Morgan fingerprint density at radius 2 is 1.77 bits per heavy atom. The van der Waals surface area contributed by atoms with Crippen molar-refractivity contribution in [1.29, 1.82) is 0 Å². The first-order valence-corrected chi connectivity index (χ1v) is 13.9. The van der Waals surface area contributed by atoms with E-state index in [1.165, 1.54) is 56.9 Å². The van der Waals surface area contributed by atoms with Gasteiger partial charge in [0.15, 0.2) is 5.78 Å². The third-order valence-electron chi connectivity index (χ3n) is 11.1. The van der Waals surface area contributed by atoms with Gasteiger partial charge in [-0.15, -0.1) is 11.6 Å². The van der Waals surface area contributed by atoms with Crippen LogP contribution in [0, 0.1) is 52.3 Å². The summed E-state index contributed by atoms with van der Waals surface area (Å²) in [5.41, 5.74) is 1.97. The van der Waals surface area contributed by atoms with Gasteiger partial charge in [0.25, 0.3) is 0 Å². The fraction of sp³-hybridized carbons (Fsp3) is 0.897. The summed E-state index contributed by atoms with van der Waals surface area (Å²) in [7, 11) is 0. The number of halogens is 1. The smallest absolute Gasteiger partial charge is 0.159 e. The topological polar surface area (TPSA) is 17.1 Å². The van der Waals surface area contributed by atoms with Gasteiger partial charge in [0.1, 0.15) is 0 Å². The van der Waals surface area contributed by atoms with Crippen LogP contribution in [0.2, 0.25) is 0 Å². The van der Waals surface area contributed by atoms with Gasteiger partial charge >= 0.3 is 0 Å². The summed E-state index contributed by atoms with van der Waals surface area (Å²) in [5, 5.41) is 0.229. The number of allylic oxidation sites excluding steroid dienone is 2. The largest absolute Gasteiger partial charge is 0.295 e. The molecular formula is C29H47ClO. The van der Waals surface area contributed by atoms with Gasteiger partial charge in [0.05, 0.1) is 0 Å². The lowest BCUT2D eigenvalue weighted by atomic mass is 9.46. The van der Waals surface area contributed by atoms with Crippen molar-refractivity contribution in [2.45, 2.75) is 111 Å². The molecule has 176 valence electrons. The van der Waals surface area contributed by atoms with Crippen molar-refractivity contribution in [2.24, 2.45) is 52.3 Å². The number of fused-ring (bicyclic) bond motifs is 5. The normalized spacial score (nSPS) is 44.3. The summed E-state index contributed by atoms with van der Waals surface area (Å²) in [6.07, 6.45) is 14.5. The van der Waals surface area contributed by atoms with Crippen LogP contribution in [0.25, 0.3) is 0 Å². The molecule has 1 unspecified atom stereocenters. The molecule has 0 saturated heterocycles. The molecule has 0 radical (unpaired) electrons. The average molecular weight is 447 g/mol. The molecule has 0 aliphatic heterocycles. The molecule has 4 rings (SSSR count). The van der Waals surface area contributed by atoms with Gasteiger partial charge in [0.2, 0.25) is 0 Å². The highest BCUT2D eigenvalue weighted by molar-refractivity contribution is 6.20. The second-order valence-corrected chi connectivity index (χ2v) is 13.4. The van der Waals surface area contributed by atoms with Crippen LogP contribution in [-0.4, -0.2) is 11.2 Å². The van der Waals surface area contributed by atoms with E-state index in [0.717, 1.165) is 36.5 Å². The minimum atomic E-state index is 0.223. The molecule has 0 aromatic rings. The molecule has 1 nitrogen and oxygen atoms in total. The van der Waals surface area contributed by atoms with E-state index < -0.39 is 0 Å². The van der Waals surface area contributed by atoms with Crippen molar-refractivity contribution < 1.29 is 4.79 Å². The molecule has 0 spiro atoms. The van der Waals surface area contributed by atoms with Crippen LogP contribution in [0.15, 0.2) is 11.6 Å². The predicted molar refractivity (Wildman–Crippen MR) is 132 cm³/mol. The lowest BCUT2D eigenvalue weighted by Crippen LogP contribution is -2.53. The Morgan fingerprint density at radius 1 is 1.03 bits per heavy atom. The third kappa shape index (κ3) is 3.98. The van der Waals surface area contributed by atoms with E-state index in [1.54, 1.807) is 0 Å². The van der Waals surface area contributed by atoms with E-state index >= 15 is 0 Å². The highest BCUT2D eigenvalue weighted by atomic mass is 35.5. The summed E-state index contributed by atoms with van der Waals surface area (Å²) in [4.78, 5) is 13.5. The van der Waals surface area contributed by atoms with E-state index in [-0.39, 0.29) is 16.7 Å². The second kappa shape index (κ2) is 8.81. The Kier molecular flexibility index (Phi) is 6.78. The standard InChI is InChI=1S/C29H47ClO/c1-7-20(18(2)3)9-8-19(4)23-10-11-24-27-25(13-15-29(23,24)6)28(5)14-12-22(30)16-21(28)17-26(27)31/h17-20,22-25,27H,7-16H2,1-6H3/t19-,20-,22?,23-,24+,25+,27+,28+,29-/m1/s1. The summed E-state index contributed by atoms with van der Waals surface area (Å²) >= 11 is 6.52. The number of hydrogen-bond donors (Lipinski definition) is 0. The lowest BCUT2D eigenvalue weighted by molar-refractivity contribution is -0.134. The van der Waals surface area contributed by atoms with Gasteiger partial charge in [-0.3, -0.25) is 4.79 Å². The summed E-state index contributed by atoms with van der Waals surface area (Å²) in [5.74, 6) is 5.13. The van der Waals surface area contributed by atoms with Gasteiger partial charge in [-0.05, 0) is 104 Å². The van der Waals surface area contributed by atoms with Gasteiger partial charge in [-0.2, -0.15) is 0 Å². The predicted octanol–water partition coefficient (Wildman–Crippen LogP) is 8.45. The van der Waals surface area contributed by atoms with Gasteiger partial charge in [-0.25, -0.2) is 0 Å². The van der Waals surface area contributed by atoms with Crippen molar-refractivity contribution in [3.05, 3.63) is 11.6 Å². The first-order chi connectivity index (χ1) is 14.6. The number of alkyl halides is 1. The minimum absolute atomic E-state index is 0.223. The molecular weight excluding hydrogens is 400 g/mol. The summed E-state index contributed by atoms with van der Waals surface area (Å²) < 4.78 is 0. The number of ketones is 1. The monoisotopic (exact) mass is 446 g/mol. The molecule has 0 aromatic heterocycles. The number of carbonyl (C=O) groups is 1. The van der Waals surface area contributed by atoms with Gasteiger partial charge in [-0.1, -0.05) is 60.0 Å². The van der Waals surface area contributed by atoms with E-state index in [9.17, 15) is 4.79 Å². The Bertz CT molecular complexity index is 710. The van der Waals surface area contributed by atoms with E-state index in [0.29, 0.717) is 23.0 Å². The van der Waals surface area contributed by atoms with Crippen LogP contribution in [0.1, 0.15) is 106 Å². The zero-order chi connectivity index (χ0) is 22.6. The molecule has 4 aliphatic rings. The molecule has 0 N–H and O–H groups in total. The van der Waals surface area contributed by atoms with E-state index in [1.807, 2.05) is 0 Å². The van der Waals surface area contributed by atoms with Crippen molar-refractivity contribution >= 4 is 17.4 Å². The molecule has 9 atom stereocenters. The Morgan fingerprint density at radius 3 is 2.45 bits per heavy atom. The molecule has 0 aromatic carbocycles. The average Bonchev–Trinajstić information content (AvgIpc) is 3.06. The number of hydrogen-bond acceptors (Lipinski definition) is 1. The van der Waals surface area contributed by atoms with E-state index in [2.05, 4.69) is 47.6 Å². The SMILES string of the molecule is CC[C@H](CC[C@@H](C)[C@H]1CC[C@H]2[C@@H]3C(=O)C=C4CC(Cl)CC[C@]4(C)[C@H]3CC[C@]12C)C(C)C. The minimum Gasteiger partial charge on any atom is -0.295 e. The van der Waals surface area contributed by atoms with Crippen LogP contribution in [0.5, 0.6) is 0 Å². The molecule has 4 aliphatic carbocycles. The Labute approximate surface area is 197 Å². The molecule has 3 saturated carbocycles. The second-order valence-electron chi connectivity index (χ2n) is 12.8. The molecule has 0 heterocycles. The Balaban J connectivity index is 1.52. The highest BCUT2D eigenvalue weighted by Gasteiger charge is 2.61. The molecule has 0 amide bonds. The van der Waals surface area contributed by atoms with Crippen LogP contribution in [0.3, 0.4) is 0 Å². The third-order valence-corrected chi connectivity index (χ3v) is 11.5. The molecule has 2 heteroatoms. The van der Waals surface area contributed by atoms with Crippen LogP contribution in [0.4, 0.5) is 0 Å². The molecule has 31 heavy (non-hydrogen) atoms. The Hall–Kier alpha value is -0.300.